The van der Waals surface area contributed by atoms with Crippen molar-refractivity contribution >= 4 is 16.5 Å². The highest BCUT2D eigenvalue weighted by Crippen LogP contribution is 2.41. The van der Waals surface area contributed by atoms with Crippen LogP contribution in [-0.2, 0) is 0 Å². The van der Waals surface area contributed by atoms with Gasteiger partial charge in [-0.2, -0.15) is 0 Å². The van der Waals surface area contributed by atoms with Gasteiger partial charge in [0.2, 0.25) is 5.13 Å². The number of aromatic nitrogens is 4. The fourth-order valence-electron chi connectivity index (χ4n) is 4.19. The molecule has 27 heavy (non-hydrogen) atoms. The molecule has 2 N–H and O–H groups in total. The maximum Gasteiger partial charge on any atom is 0.208 e. The van der Waals surface area contributed by atoms with E-state index in [4.69, 9.17) is 0 Å². The Bertz CT molecular complexity index is 959. The number of aromatic hydroxyl groups is 1. The average Bonchev–Trinajstić information content (AvgIpc) is 3.44. The van der Waals surface area contributed by atoms with E-state index in [1.165, 1.54) is 11.3 Å². The fraction of sp³-hybridized carbons (Fsp3) is 0.389. The number of nitrogens with zero attached hydrogens (tertiary/aromatic N) is 5. The normalized spacial score (nSPS) is 26.6. The third-order valence-electron chi connectivity index (χ3n) is 5.57. The molecule has 1 aliphatic heterocycles. The lowest BCUT2D eigenvalue weighted by molar-refractivity contribution is 0.220. The predicted molar refractivity (Wildman–Crippen MR) is 101 cm³/mol. The topological polar surface area (TPSA) is 79.1 Å². The van der Waals surface area contributed by atoms with Crippen LogP contribution in [0.2, 0.25) is 0 Å². The van der Waals surface area contributed by atoms with Gasteiger partial charge in [-0.25, -0.2) is 9.37 Å². The number of phenolic OH excluding ortho intramolecular Hbond substituents is 1. The van der Waals surface area contributed by atoms with E-state index in [0.717, 1.165) is 18.7 Å². The van der Waals surface area contributed by atoms with Gasteiger partial charge >= 0.3 is 0 Å². The number of piperidine rings is 1. The zero-order valence-electron chi connectivity index (χ0n) is 14.7. The van der Waals surface area contributed by atoms with E-state index in [-0.39, 0.29) is 17.8 Å². The molecule has 0 spiro atoms. The van der Waals surface area contributed by atoms with Crippen molar-refractivity contribution in [3.63, 3.8) is 0 Å². The molecule has 3 aromatic rings. The minimum absolute atomic E-state index is 0.0467. The molecule has 2 aromatic heterocycles. The Morgan fingerprint density at radius 2 is 2.26 bits per heavy atom. The molecule has 2 fully saturated rings. The first-order chi connectivity index (χ1) is 13.1. The summed E-state index contributed by atoms with van der Waals surface area (Å²) >= 11 is 1.37. The van der Waals surface area contributed by atoms with Crippen molar-refractivity contribution in [1.82, 2.24) is 25.1 Å². The van der Waals surface area contributed by atoms with Crippen LogP contribution >= 0.6 is 11.3 Å². The first kappa shape index (κ1) is 16.6. The van der Waals surface area contributed by atoms with Crippen LogP contribution in [0, 0.1) is 5.92 Å². The third-order valence-corrected chi connectivity index (χ3v) is 6.62. The smallest absolute Gasteiger partial charge is 0.208 e. The van der Waals surface area contributed by atoms with Gasteiger partial charge in [0, 0.05) is 38.1 Å². The summed E-state index contributed by atoms with van der Waals surface area (Å²) in [6, 6.07) is 5.15. The SMILES string of the molecule is CN(c1nnc(-c2ccc(-n3ccnc3)cc2O)s1)[C@@H]1C2CNC(C2)[C@@H]1F. The second kappa shape index (κ2) is 6.28. The quantitative estimate of drug-likeness (QED) is 0.716. The van der Waals surface area contributed by atoms with E-state index in [2.05, 4.69) is 20.5 Å². The Labute approximate surface area is 159 Å². The second-order valence-electron chi connectivity index (χ2n) is 7.12. The number of anilines is 1. The molecule has 0 radical (unpaired) electrons. The zero-order chi connectivity index (χ0) is 18.5. The Kier molecular flexibility index (Phi) is 3.87. The first-order valence-corrected chi connectivity index (χ1v) is 9.69. The molecule has 3 heterocycles. The summed E-state index contributed by atoms with van der Waals surface area (Å²) in [6.07, 6.45) is 5.14. The lowest BCUT2D eigenvalue weighted by atomic mass is 10.0. The number of phenols is 1. The largest absolute Gasteiger partial charge is 0.507 e. The van der Waals surface area contributed by atoms with Gasteiger partial charge in [-0.1, -0.05) is 11.3 Å². The van der Waals surface area contributed by atoms with Crippen molar-refractivity contribution in [3.8, 4) is 22.0 Å². The number of rotatable bonds is 4. The Morgan fingerprint density at radius 1 is 1.37 bits per heavy atom. The van der Waals surface area contributed by atoms with Crippen LogP contribution in [0.15, 0.2) is 36.9 Å². The van der Waals surface area contributed by atoms with Crippen LogP contribution in [-0.4, -0.2) is 56.7 Å². The molecule has 140 valence electrons. The molecule has 2 aliphatic rings. The van der Waals surface area contributed by atoms with Crippen LogP contribution in [0.5, 0.6) is 5.75 Å². The molecule has 0 amide bonds. The second-order valence-corrected chi connectivity index (χ2v) is 8.07. The van der Waals surface area contributed by atoms with E-state index in [0.29, 0.717) is 21.6 Å². The molecule has 1 saturated carbocycles. The highest BCUT2D eigenvalue weighted by atomic mass is 32.1. The molecule has 7 nitrogen and oxygen atoms in total. The van der Waals surface area contributed by atoms with Crippen LogP contribution < -0.4 is 10.2 Å². The monoisotopic (exact) mass is 386 g/mol. The van der Waals surface area contributed by atoms with Gasteiger partial charge in [0.1, 0.15) is 11.9 Å². The molecule has 4 atom stereocenters. The van der Waals surface area contributed by atoms with E-state index in [1.807, 2.05) is 34.8 Å². The minimum atomic E-state index is -0.899. The van der Waals surface area contributed by atoms with Crippen LogP contribution in [0.1, 0.15) is 6.42 Å². The predicted octanol–water partition coefficient (Wildman–Crippen LogP) is 2.23. The summed E-state index contributed by atoms with van der Waals surface area (Å²) in [7, 11) is 1.88. The number of hydrogen-bond acceptors (Lipinski definition) is 7. The van der Waals surface area contributed by atoms with Gasteiger partial charge in [-0.15, -0.1) is 10.2 Å². The van der Waals surface area contributed by atoms with Crippen molar-refractivity contribution in [2.45, 2.75) is 24.7 Å². The number of hydrogen-bond donors (Lipinski definition) is 2. The molecule has 9 heteroatoms. The van der Waals surface area contributed by atoms with Gasteiger partial charge in [0.05, 0.1) is 23.6 Å². The fourth-order valence-corrected chi connectivity index (χ4v) is 5.08. The van der Waals surface area contributed by atoms with Gasteiger partial charge < -0.3 is 19.9 Å². The van der Waals surface area contributed by atoms with Gasteiger partial charge in [0.15, 0.2) is 5.01 Å². The van der Waals surface area contributed by atoms with Gasteiger partial charge in [-0.3, -0.25) is 0 Å². The number of fused-ring (bicyclic) bond motifs is 2. The summed E-state index contributed by atoms with van der Waals surface area (Å²) in [4.78, 5) is 5.92. The van der Waals surface area contributed by atoms with Crippen molar-refractivity contribution in [2.24, 2.45) is 5.92 Å². The summed E-state index contributed by atoms with van der Waals surface area (Å²) < 4.78 is 16.4. The molecule has 1 aromatic carbocycles. The van der Waals surface area contributed by atoms with Crippen molar-refractivity contribution in [2.75, 3.05) is 18.5 Å². The maximum atomic E-state index is 14.6. The van der Waals surface area contributed by atoms with Gasteiger partial charge in [0.25, 0.3) is 0 Å². The van der Waals surface area contributed by atoms with Crippen molar-refractivity contribution in [3.05, 3.63) is 36.9 Å². The van der Waals surface area contributed by atoms with Crippen LogP contribution in [0.4, 0.5) is 9.52 Å². The number of alkyl halides is 1. The molecular weight excluding hydrogens is 367 g/mol. The standard InChI is InChI=1S/C18H19FN6OS/c1-24(16-10-6-13(15(16)19)21-8-10)18-23-22-17(27-18)12-3-2-11(7-14(12)26)25-5-4-20-9-25/h2-5,7,9-10,13,15-16,21,26H,6,8H2,1H3/t10?,13?,15-,16+/m0/s1. The summed E-state index contributed by atoms with van der Waals surface area (Å²) in [5.41, 5.74) is 1.42. The molecule has 5 rings (SSSR count). The van der Waals surface area contributed by atoms with Crippen molar-refractivity contribution < 1.29 is 9.50 Å². The number of halogens is 1. The summed E-state index contributed by atoms with van der Waals surface area (Å²) in [5, 5.41) is 23.4. The zero-order valence-corrected chi connectivity index (χ0v) is 15.5. The molecular formula is C18H19FN6OS. The third kappa shape index (κ3) is 2.69. The molecule has 1 saturated heterocycles. The van der Waals surface area contributed by atoms with E-state index >= 15 is 0 Å². The Morgan fingerprint density at radius 3 is 2.96 bits per heavy atom. The van der Waals surface area contributed by atoms with Crippen molar-refractivity contribution in [1.29, 1.82) is 0 Å². The lowest BCUT2D eigenvalue weighted by Gasteiger charge is -2.33. The lowest BCUT2D eigenvalue weighted by Crippen LogP contribution is -2.51. The van der Waals surface area contributed by atoms with E-state index < -0.39 is 6.17 Å². The Hall–Kier alpha value is -2.52. The molecule has 2 bridgehead atoms. The highest BCUT2D eigenvalue weighted by Gasteiger charge is 2.50. The number of benzene rings is 1. The minimum Gasteiger partial charge on any atom is -0.507 e. The summed E-state index contributed by atoms with van der Waals surface area (Å²) in [6.45, 7) is 0.849. The van der Waals surface area contributed by atoms with Crippen LogP contribution in [0.25, 0.3) is 16.3 Å². The number of nitrogens with one attached hydrogen (secondary N) is 1. The van der Waals surface area contributed by atoms with E-state index in [1.54, 1.807) is 18.6 Å². The van der Waals surface area contributed by atoms with Crippen LogP contribution in [0.3, 0.4) is 0 Å². The molecule has 1 aliphatic carbocycles. The molecule has 2 unspecified atom stereocenters. The van der Waals surface area contributed by atoms with Gasteiger partial charge in [-0.05, 0) is 24.5 Å². The average molecular weight is 386 g/mol. The first-order valence-electron chi connectivity index (χ1n) is 8.87. The maximum absolute atomic E-state index is 14.6. The summed E-state index contributed by atoms with van der Waals surface area (Å²) in [5.74, 6) is 0.421. The van der Waals surface area contributed by atoms with E-state index in [9.17, 15) is 9.50 Å². The Balaban J connectivity index is 1.41. The highest BCUT2D eigenvalue weighted by molar-refractivity contribution is 7.18. The number of imidazole rings is 1.